The second-order valence-electron chi connectivity index (χ2n) is 5.19. The molecule has 0 unspecified atom stereocenters. The summed E-state index contributed by atoms with van der Waals surface area (Å²) in [6, 6.07) is 9.87. The molecule has 0 aromatic heterocycles. The van der Waals surface area contributed by atoms with Gasteiger partial charge >= 0.3 is 6.03 Å². The number of hydrogen-bond donors (Lipinski definition) is 2. The number of carbonyl (C=O) groups is 1. The smallest absolute Gasteiger partial charge is 0.323 e. The molecular weight excluding hydrogens is 356 g/mol. The van der Waals surface area contributed by atoms with Crippen molar-refractivity contribution >= 4 is 29.0 Å². The fourth-order valence-corrected chi connectivity index (χ4v) is 2.41. The first kappa shape index (κ1) is 19.7. The number of hydrogen-bond acceptors (Lipinski definition) is 4. The Balaban J connectivity index is 2.21. The van der Waals surface area contributed by atoms with Gasteiger partial charge in [0, 0.05) is 22.8 Å². The lowest BCUT2D eigenvalue weighted by Gasteiger charge is -2.17. The molecule has 0 saturated carbocycles. The van der Waals surface area contributed by atoms with E-state index in [-0.39, 0.29) is 6.03 Å². The predicted molar refractivity (Wildman–Crippen MR) is 104 cm³/mol. The number of carbonyl (C=O) groups excluding carboxylic acids is 1. The third-order valence-electron chi connectivity index (χ3n) is 3.27. The van der Waals surface area contributed by atoms with Crippen LogP contribution in [-0.2, 0) is 0 Å². The van der Waals surface area contributed by atoms with E-state index in [0.29, 0.717) is 53.5 Å². The molecule has 0 heterocycles. The number of anilines is 2. The largest absolute Gasteiger partial charge is 0.490 e. The van der Waals surface area contributed by atoms with Crippen molar-refractivity contribution in [1.29, 1.82) is 0 Å². The SMILES string of the molecule is CCOc1cc(NC(=O)Nc2ccc(Cl)cc2)cc(OCC)c1OCC. The Hall–Kier alpha value is -2.60. The number of nitrogens with one attached hydrogen (secondary N) is 2. The Labute approximate surface area is 158 Å². The van der Waals surface area contributed by atoms with Gasteiger partial charge in [0.1, 0.15) is 0 Å². The van der Waals surface area contributed by atoms with Crippen molar-refractivity contribution in [3.8, 4) is 17.2 Å². The average Bonchev–Trinajstić information content (AvgIpc) is 2.60. The van der Waals surface area contributed by atoms with Crippen molar-refractivity contribution in [1.82, 2.24) is 0 Å². The minimum Gasteiger partial charge on any atom is -0.490 e. The molecule has 6 nitrogen and oxygen atoms in total. The van der Waals surface area contributed by atoms with E-state index in [1.807, 2.05) is 20.8 Å². The highest BCUT2D eigenvalue weighted by Crippen LogP contribution is 2.40. The van der Waals surface area contributed by atoms with Gasteiger partial charge in [0.05, 0.1) is 25.5 Å². The number of urea groups is 1. The van der Waals surface area contributed by atoms with Crippen LogP contribution in [0.3, 0.4) is 0 Å². The molecular formula is C19H23ClN2O4. The molecule has 0 spiro atoms. The van der Waals surface area contributed by atoms with E-state index < -0.39 is 0 Å². The van der Waals surface area contributed by atoms with Gasteiger partial charge in [-0.2, -0.15) is 0 Å². The molecule has 0 aliphatic heterocycles. The lowest BCUT2D eigenvalue weighted by atomic mass is 10.2. The van der Waals surface area contributed by atoms with Crippen LogP contribution >= 0.6 is 11.6 Å². The van der Waals surface area contributed by atoms with Gasteiger partial charge in [-0.25, -0.2) is 4.79 Å². The third-order valence-corrected chi connectivity index (χ3v) is 3.52. The normalized spacial score (nSPS) is 10.2. The molecule has 140 valence electrons. The van der Waals surface area contributed by atoms with Crippen LogP contribution in [0.1, 0.15) is 20.8 Å². The Bertz CT molecular complexity index is 708. The zero-order valence-corrected chi connectivity index (χ0v) is 15.9. The average molecular weight is 379 g/mol. The summed E-state index contributed by atoms with van der Waals surface area (Å²) >= 11 is 5.84. The van der Waals surface area contributed by atoms with Crippen LogP contribution in [0.4, 0.5) is 16.2 Å². The van der Waals surface area contributed by atoms with Gasteiger partial charge in [-0.1, -0.05) is 11.6 Å². The van der Waals surface area contributed by atoms with Gasteiger partial charge in [0.15, 0.2) is 11.5 Å². The molecule has 0 radical (unpaired) electrons. The Morgan fingerprint density at radius 1 is 0.846 bits per heavy atom. The molecule has 0 bridgehead atoms. The number of rotatable bonds is 8. The molecule has 0 saturated heterocycles. The molecule has 0 atom stereocenters. The third kappa shape index (κ3) is 5.46. The second-order valence-corrected chi connectivity index (χ2v) is 5.62. The van der Waals surface area contributed by atoms with Gasteiger partial charge in [-0.3, -0.25) is 0 Å². The maximum absolute atomic E-state index is 12.2. The lowest BCUT2D eigenvalue weighted by Crippen LogP contribution is -2.19. The van der Waals surface area contributed by atoms with Gasteiger partial charge < -0.3 is 24.8 Å². The van der Waals surface area contributed by atoms with Crippen molar-refractivity contribution in [2.75, 3.05) is 30.5 Å². The number of amides is 2. The first-order valence-corrected chi connectivity index (χ1v) is 8.85. The molecule has 2 aromatic rings. The molecule has 0 fully saturated rings. The zero-order valence-electron chi connectivity index (χ0n) is 15.1. The molecule has 2 rings (SSSR count). The van der Waals surface area contributed by atoms with Crippen molar-refractivity contribution in [3.05, 3.63) is 41.4 Å². The van der Waals surface area contributed by atoms with Crippen LogP contribution in [0.5, 0.6) is 17.2 Å². The highest BCUT2D eigenvalue weighted by Gasteiger charge is 2.16. The summed E-state index contributed by atoms with van der Waals surface area (Å²) in [7, 11) is 0. The van der Waals surface area contributed by atoms with Crippen LogP contribution in [-0.4, -0.2) is 25.9 Å². The lowest BCUT2D eigenvalue weighted by molar-refractivity contribution is 0.260. The highest BCUT2D eigenvalue weighted by molar-refractivity contribution is 6.30. The number of halogens is 1. The fourth-order valence-electron chi connectivity index (χ4n) is 2.29. The summed E-state index contributed by atoms with van der Waals surface area (Å²) in [5.74, 6) is 1.56. The molecule has 2 amide bonds. The van der Waals surface area contributed by atoms with Crippen molar-refractivity contribution in [2.24, 2.45) is 0 Å². The van der Waals surface area contributed by atoms with Gasteiger partial charge in [0.25, 0.3) is 0 Å². The van der Waals surface area contributed by atoms with E-state index >= 15 is 0 Å². The molecule has 2 aromatic carbocycles. The highest BCUT2D eigenvalue weighted by atomic mass is 35.5. The summed E-state index contributed by atoms with van der Waals surface area (Å²) in [5, 5.41) is 6.11. The molecule has 0 aliphatic carbocycles. The van der Waals surface area contributed by atoms with E-state index in [0.717, 1.165) is 0 Å². The van der Waals surface area contributed by atoms with Crippen LogP contribution in [0.15, 0.2) is 36.4 Å². The Morgan fingerprint density at radius 3 is 1.85 bits per heavy atom. The Morgan fingerprint density at radius 2 is 1.35 bits per heavy atom. The first-order chi connectivity index (χ1) is 12.6. The van der Waals surface area contributed by atoms with Crippen LogP contribution in [0.2, 0.25) is 5.02 Å². The van der Waals surface area contributed by atoms with Gasteiger partial charge in [-0.15, -0.1) is 0 Å². The van der Waals surface area contributed by atoms with Crippen LogP contribution in [0.25, 0.3) is 0 Å². The molecule has 2 N–H and O–H groups in total. The van der Waals surface area contributed by atoms with Gasteiger partial charge in [0.2, 0.25) is 5.75 Å². The quantitative estimate of drug-likeness (QED) is 0.664. The first-order valence-electron chi connectivity index (χ1n) is 8.47. The van der Waals surface area contributed by atoms with Crippen molar-refractivity contribution in [3.63, 3.8) is 0 Å². The van der Waals surface area contributed by atoms with Crippen LogP contribution < -0.4 is 24.8 Å². The standard InChI is InChI=1S/C19H23ClN2O4/c1-4-24-16-11-15(12-17(25-5-2)18(16)26-6-3)22-19(23)21-14-9-7-13(20)8-10-14/h7-12H,4-6H2,1-3H3,(H2,21,22,23). The Kier molecular flexibility index (Phi) is 7.41. The minimum atomic E-state index is -0.388. The second kappa shape index (κ2) is 9.77. The van der Waals surface area contributed by atoms with Gasteiger partial charge in [-0.05, 0) is 45.0 Å². The van der Waals surface area contributed by atoms with E-state index in [1.54, 1.807) is 36.4 Å². The summed E-state index contributed by atoms with van der Waals surface area (Å²) in [5.41, 5.74) is 1.17. The predicted octanol–water partition coefficient (Wildman–Crippen LogP) is 5.18. The van der Waals surface area contributed by atoms with E-state index in [9.17, 15) is 4.79 Å². The summed E-state index contributed by atoms with van der Waals surface area (Å²) < 4.78 is 16.9. The summed E-state index contributed by atoms with van der Waals surface area (Å²) in [6.45, 7) is 7.05. The summed E-state index contributed by atoms with van der Waals surface area (Å²) in [6.07, 6.45) is 0. The number of ether oxygens (including phenoxy) is 3. The zero-order chi connectivity index (χ0) is 18.9. The molecule has 26 heavy (non-hydrogen) atoms. The topological polar surface area (TPSA) is 68.8 Å². The van der Waals surface area contributed by atoms with E-state index in [4.69, 9.17) is 25.8 Å². The summed E-state index contributed by atoms with van der Waals surface area (Å²) in [4.78, 5) is 12.2. The number of benzene rings is 2. The van der Waals surface area contributed by atoms with E-state index in [1.165, 1.54) is 0 Å². The fraction of sp³-hybridized carbons (Fsp3) is 0.316. The molecule has 7 heteroatoms. The van der Waals surface area contributed by atoms with Crippen molar-refractivity contribution < 1.29 is 19.0 Å². The maximum atomic E-state index is 12.2. The van der Waals surface area contributed by atoms with Crippen LogP contribution in [0, 0.1) is 0 Å². The monoisotopic (exact) mass is 378 g/mol. The van der Waals surface area contributed by atoms with Crippen molar-refractivity contribution in [2.45, 2.75) is 20.8 Å². The minimum absolute atomic E-state index is 0.388. The van der Waals surface area contributed by atoms with E-state index in [2.05, 4.69) is 10.6 Å². The molecule has 0 aliphatic rings. The maximum Gasteiger partial charge on any atom is 0.323 e.